The topological polar surface area (TPSA) is 85.9 Å². The van der Waals surface area contributed by atoms with Crippen LogP contribution < -0.4 is 24.8 Å². The Kier molecular flexibility index (Phi) is 7.69. The minimum atomic E-state index is -0.409. The van der Waals surface area contributed by atoms with Gasteiger partial charge in [0.2, 0.25) is 5.91 Å². The summed E-state index contributed by atoms with van der Waals surface area (Å²) in [5, 5.41) is 5.33. The van der Waals surface area contributed by atoms with Crippen LogP contribution >= 0.6 is 15.9 Å². The van der Waals surface area contributed by atoms with E-state index in [0.717, 1.165) is 5.56 Å². The first-order chi connectivity index (χ1) is 13.4. The summed E-state index contributed by atoms with van der Waals surface area (Å²) in [7, 11) is 3.02. The van der Waals surface area contributed by atoms with Gasteiger partial charge in [0.25, 0.3) is 5.91 Å². The van der Waals surface area contributed by atoms with Crippen molar-refractivity contribution in [1.82, 2.24) is 5.32 Å². The number of amides is 2. The van der Waals surface area contributed by atoms with Gasteiger partial charge in [-0.1, -0.05) is 6.07 Å². The Labute approximate surface area is 172 Å². The van der Waals surface area contributed by atoms with Gasteiger partial charge in [-0.15, -0.1) is 0 Å². The molecule has 0 fully saturated rings. The number of carbonyl (C=O) groups is 2. The monoisotopic (exact) mass is 450 g/mol. The van der Waals surface area contributed by atoms with Gasteiger partial charge in [-0.2, -0.15) is 0 Å². The molecule has 0 radical (unpaired) electrons. The van der Waals surface area contributed by atoms with E-state index in [1.165, 1.54) is 14.2 Å². The van der Waals surface area contributed by atoms with Gasteiger partial charge in [-0.3, -0.25) is 9.59 Å². The van der Waals surface area contributed by atoms with Gasteiger partial charge in [0.05, 0.1) is 37.5 Å². The second kappa shape index (κ2) is 9.98. The van der Waals surface area contributed by atoms with Crippen molar-refractivity contribution in [3.63, 3.8) is 0 Å². The molecule has 2 amide bonds. The number of methoxy groups -OCH3 is 2. The lowest BCUT2D eigenvalue weighted by molar-refractivity contribution is -0.115. The number of hydrogen-bond acceptors (Lipinski definition) is 5. The summed E-state index contributed by atoms with van der Waals surface area (Å²) in [6.07, 6.45) is 0. The Morgan fingerprint density at radius 3 is 2.43 bits per heavy atom. The summed E-state index contributed by atoms with van der Waals surface area (Å²) in [5.41, 5.74) is 1.87. The van der Waals surface area contributed by atoms with Crippen LogP contribution in [-0.2, 0) is 4.79 Å². The molecule has 2 aromatic rings. The Balaban J connectivity index is 2.05. The Morgan fingerprint density at radius 1 is 1.07 bits per heavy atom. The third kappa shape index (κ3) is 5.39. The van der Waals surface area contributed by atoms with Gasteiger partial charge in [0.1, 0.15) is 5.75 Å². The lowest BCUT2D eigenvalue weighted by atomic mass is 10.2. The van der Waals surface area contributed by atoms with Crippen LogP contribution in [0.1, 0.15) is 22.8 Å². The molecule has 0 saturated carbocycles. The fourth-order valence-electron chi connectivity index (χ4n) is 2.51. The smallest absolute Gasteiger partial charge is 0.251 e. The van der Waals surface area contributed by atoms with Gasteiger partial charge < -0.3 is 24.8 Å². The van der Waals surface area contributed by atoms with Gasteiger partial charge in [-0.05, 0) is 59.6 Å². The van der Waals surface area contributed by atoms with E-state index in [1.807, 2.05) is 19.9 Å². The number of aryl methyl sites for hydroxylation is 1. The Hall–Kier alpha value is -2.74. The molecule has 0 aliphatic carbocycles. The molecule has 8 heteroatoms. The van der Waals surface area contributed by atoms with Crippen LogP contribution in [0.25, 0.3) is 0 Å². The third-order valence-electron chi connectivity index (χ3n) is 3.82. The third-order valence-corrected chi connectivity index (χ3v) is 4.41. The van der Waals surface area contributed by atoms with E-state index >= 15 is 0 Å². The highest BCUT2D eigenvalue weighted by atomic mass is 79.9. The van der Waals surface area contributed by atoms with E-state index in [-0.39, 0.29) is 12.5 Å². The second-order valence-corrected chi connectivity index (χ2v) is 6.71. The van der Waals surface area contributed by atoms with Gasteiger partial charge in [0.15, 0.2) is 11.5 Å². The normalized spacial score (nSPS) is 10.2. The molecule has 2 N–H and O–H groups in total. The quantitative estimate of drug-likeness (QED) is 0.642. The molecular weight excluding hydrogens is 428 g/mol. The lowest BCUT2D eigenvalue weighted by Crippen LogP contribution is -2.33. The van der Waals surface area contributed by atoms with Crippen molar-refractivity contribution in [3.05, 3.63) is 45.9 Å². The number of rotatable bonds is 8. The number of benzene rings is 2. The molecule has 0 bridgehead atoms. The highest BCUT2D eigenvalue weighted by Crippen LogP contribution is 2.36. The molecule has 28 heavy (non-hydrogen) atoms. The number of hydrogen-bond donors (Lipinski definition) is 2. The Morgan fingerprint density at radius 2 is 1.79 bits per heavy atom. The highest BCUT2D eigenvalue weighted by molar-refractivity contribution is 9.10. The number of ether oxygens (including phenoxy) is 3. The number of carbonyl (C=O) groups excluding carboxylic acids is 2. The summed E-state index contributed by atoms with van der Waals surface area (Å²) in [6.45, 7) is 4.04. The first-order valence-electron chi connectivity index (χ1n) is 8.62. The van der Waals surface area contributed by atoms with Gasteiger partial charge in [0, 0.05) is 5.56 Å². The maximum absolute atomic E-state index is 12.4. The van der Waals surface area contributed by atoms with Crippen molar-refractivity contribution in [1.29, 1.82) is 0 Å². The molecule has 0 saturated heterocycles. The van der Waals surface area contributed by atoms with E-state index < -0.39 is 5.91 Å². The summed E-state index contributed by atoms with van der Waals surface area (Å²) in [5.74, 6) is 0.717. The van der Waals surface area contributed by atoms with Crippen molar-refractivity contribution in [3.8, 4) is 17.2 Å². The zero-order valence-corrected chi connectivity index (χ0v) is 17.8. The van der Waals surface area contributed by atoms with E-state index in [9.17, 15) is 9.59 Å². The molecule has 0 aliphatic heterocycles. The van der Waals surface area contributed by atoms with Gasteiger partial charge in [-0.25, -0.2) is 0 Å². The highest BCUT2D eigenvalue weighted by Gasteiger charge is 2.16. The van der Waals surface area contributed by atoms with Crippen molar-refractivity contribution in [2.75, 3.05) is 32.7 Å². The van der Waals surface area contributed by atoms with Crippen LogP contribution in [0, 0.1) is 6.92 Å². The van der Waals surface area contributed by atoms with Crippen LogP contribution in [0.5, 0.6) is 17.2 Å². The van der Waals surface area contributed by atoms with E-state index in [2.05, 4.69) is 26.6 Å². The van der Waals surface area contributed by atoms with Crippen LogP contribution in [0.2, 0.25) is 0 Å². The van der Waals surface area contributed by atoms with Crippen LogP contribution in [0.3, 0.4) is 0 Å². The van der Waals surface area contributed by atoms with E-state index in [0.29, 0.717) is 39.6 Å². The average molecular weight is 451 g/mol. The van der Waals surface area contributed by atoms with Crippen molar-refractivity contribution in [2.45, 2.75) is 13.8 Å². The minimum Gasteiger partial charge on any atom is -0.495 e. The fraction of sp³-hybridized carbons (Fsp3) is 0.300. The van der Waals surface area contributed by atoms with Gasteiger partial charge >= 0.3 is 0 Å². The predicted octanol–water partition coefficient (Wildman–Crippen LogP) is 3.54. The Bertz CT molecular complexity index is 870. The summed E-state index contributed by atoms with van der Waals surface area (Å²) < 4.78 is 16.6. The standard InChI is InChI=1S/C20H23BrN2O5/c1-5-28-19-14(21)9-13(10-17(19)27-4)20(25)22-11-18(24)23-15-8-12(2)6-7-16(15)26-3/h6-10H,5,11H2,1-4H3,(H,22,25)(H,23,24). The predicted molar refractivity (Wildman–Crippen MR) is 111 cm³/mol. The maximum atomic E-state index is 12.4. The molecule has 2 aromatic carbocycles. The molecule has 0 atom stereocenters. The molecule has 0 unspecified atom stereocenters. The van der Waals surface area contributed by atoms with E-state index in [1.54, 1.807) is 24.3 Å². The number of anilines is 1. The number of nitrogens with one attached hydrogen (secondary N) is 2. The van der Waals surface area contributed by atoms with Crippen LogP contribution in [0.15, 0.2) is 34.8 Å². The number of halogens is 1. The molecular formula is C20H23BrN2O5. The van der Waals surface area contributed by atoms with Crippen molar-refractivity contribution in [2.24, 2.45) is 0 Å². The lowest BCUT2D eigenvalue weighted by Gasteiger charge is -2.14. The molecule has 150 valence electrons. The SMILES string of the molecule is CCOc1c(Br)cc(C(=O)NCC(=O)Nc2cc(C)ccc2OC)cc1OC. The molecule has 0 heterocycles. The fourth-order valence-corrected chi connectivity index (χ4v) is 3.07. The molecule has 2 rings (SSSR count). The zero-order chi connectivity index (χ0) is 20.7. The second-order valence-electron chi connectivity index (χ2n) is 5.86. The first-order valence-corrected chi connectivity index (χ1v) is 9.41. The zero-order valence-electron chi connectivity index (χ0n) is 16.2. The molecule has 0 aromatic heterocycles. The molecule has 0 spiro atoms. The maximum Gasteiger partial charge on any atom is 0.251 e. The van der Waals surface area contributed by atoms with E-state index in [4.69, 9.17) is 14.2 Å². The summed E-state index contributed by atoms with van der Waals surface area (Å²) in [6, 6.07) is 8.63. The van der Waals surface area contributed by atoms with Crippen molar-refractivity contribution >= 4 is 33.4 Å². The largest absolute Gasteiger partial charge is 0.495 e. The molecule has 7 nitrogen and oxygen atoms in total. The average Bonchev–Trinajstić information content (AvgIpc) is 2.67. The summed E-state index contributed by atoms with van der Waals surface area (Å²) >= 11 is 3.38. The minimum absolute atomic E-state index is 0.191. The van der Waals surface area contributed by atoms with Crippen LogP contribution in [0.4, 0.5) is 5.69 Å². The molecule has 0 aliphatic rings. The summed E-state index contributed by atoms with van der Waals surface area (Å²) in [4.78, 5) is 24.7. The van der Waals surface area contributed by atoms with Crippen LogP contribution in [-0.4, -0.2) is 39.2 Å². The van der Waals surface area contributed by atoms with Crippen molar-refractivity contribution < 1.29 is 23.8 Å². The first kappa shape index (κ1) is 21.6.